The van der Waals surface area contributed by atoms with Crippen LogP contribution < -0.4 is 15.4 Å². The van der Waals surface area contributed by atoms with Gasteiger partial charge in [0.1, 0.15) is 0 Å². The number of rotatable bonds is 5. The Balaban J connectivity index is 0.000000318. The molecule has 0 aromatic heterocycles. The minimum atomic E-state index is -3.79. The molecule has 2 fully saturated rings. The Hall–Kier alpha value is -1.72. The molecular formula is C23H38N6O3S. The van der Waals surface area contributed by atoms with E-state index in [-0.39, 0.29) is 6.04 Å². The molecule has 5 rings (SSSR count). The molecule has 0 unspecified atom stereocenters. The minimum absolute atomic E-state index is 0.204. The smallest absolute Gasteiger partial charge is 0.314 e. The molecule has 2 amide bonds. The predicted octanol–water partition coefficient (Wildman–Crippen LogP) is 0.796. The van der Waals surface area contributed by atoms with Crippen molar-refractivity contribution in [3.63, 3.8) is 0 Å². The van der Waals surface area contributed by atoms with Crippen LogP contribution in [-0.4, -0.2) is 95.0 Å². The summed E-state index contributed by atoms with van der Waals surface area (Å²) in [6, 6.07) is 2.63. The van der Waals surface area contributed by atoms with Crippen LogP contribution in [0, 0.1) is 0 Å². The van der Waals surface area contributed by atoms with Gasteiger partial charge in [0.2, 0.25) is 0 Å². The van der Waals surface area contributed by atoms with Gasteiger partial charge in [0, 0.05) is 44.0 Å². The topological polar surface area (TPSA) is 97.0 Å². The summed E-state index contributed by atoms with van der Waals surface area (Å²) < 4.78 is 28.2. The molecule has 2 aliphatic carbocycles. The molecule has 0 bridgehead atoms. The van der Waals surface area contributed by atoms with E-state index in [0.717, 1.165) is 50.3 Å². The van der Waals surface area contributed by atoms with Crippen molar-refractivity contribution in [2.75, 3.05) is 59.7 Å². The van der Waals surface area contributed by atoms with Crippen molar-refractivity contribution in [2.24, 2.45) is 0 Å². The molecule has 9 nitrogen and oxygen atoms in total. The van der Waals surface area contributed by atoms with Crippen LogP contribution in [-0.2, 0) is 35.9 Å². The lowest BCUT2D eigenvalue weighted by atomic mass is 9.99. The Morgan fingerprint density at radius 3 is 1.91 bits per heavy atom. The molecule has 2 heterocycles. The fraction of sp³-hybridized carbons (Fsp3) is 0.696. The van der Waals surface area contributed by atoms with Gasteiger partial charge in [-0.2, -0.15) is 12.7 Å². The molecule has 10 heteroatoms. The molecule has 2 saturated heterocycles. The first-order chi connectivity index (χ1) is 15.7. The number of nitrogens with one attached hydrogen (secondary N) is 3. The lowest BCUT2D eigenvalue weighted by molar-refractivity contribution is 0.133. The van der Waals surface area contributed by atoms with E-state index in [2.05, 4.69) is 40.4 Å². The maximum Gasteiger partial charge on any atom is 0.333 e. The zero-order valence-corrected chi connectivity index (χ0v) is 21.1. The third-order valence-corrected chi connectivity index (χ3v) is 8.74. The van der Waals surface area contributed by atoms with Crippen molar-refractivity contribution in [3.05, 3.63) is 28.3 Å². The SMILES string of the molecule is CN(C)C1CN(S(=O)(=O)NC(=O)Nc2c3c(cc4c2CCC4)CCC3)C1.CN(C)C1CNC1. The van der Waals surface area contributed by atoms with Gasteiger partial charge in [-0.3, -0.25) is 0 Å². The number of carbonyl (C=O) groups is 1. The van der Waals surface area contributed by atoms with Crippen LogP contribution in [0.5, 0.6) is 0 Å². The number of fused-ring (bicyclic) bond motifs is 2. The van der Waals surface area contributed by atoms with Crippen molar-refractivity contribution in [2.45, 2.75) is 50.6 Å². The maximum absolute atomic E-state index is 12.4. The van der Waals surface area contributed by atoms with Crippen LogP contribution >= 0.6 is 0 Å². The number of amides is 2. The Morgan fingerprint density at radius 1 is 0.939 bits per heavy atom. The summed E-state index contributed by atoms with van der Waals surface area (Å²) >= 11 is 0. The zero-order valence-electron chi connectivity index (χ0n) is 20.3. The number of urea groups is 1. The fourth-order valence-electron chi connectivity index (χ4n) is 4.87. The predicted molar refractivity (Wildman–Crippen MR) is 131 cm³/mol. The van der Waals surface area contributed by atoms with E-state index in [1.54, 1.807) is 0 Å². The quantitative estimate of drug-likeness (QED) is 0.579. The molecule has 0 radical (unpaired) electrons. The lowest BCUT2D eigenvalue weighted by Gasteiger charge is -2.41. The normalized spacial score (nSPS) is 20.5. The first kappa shape index (κ1) is 24.4. The van der Waals surface area contributed by atoms with Gasteiger partial charge < -0.3 is 20.4 Å². The average Bonchev–Trinajstić information content (AvgIpc) is 3.26. The van der Waals surface area contributed by atoms with Gasteiger partial charge in [-0.25, -0.2) is 9.52 Å². The minimum Gasteiger partial charge on any atom is -0.314 e. The van der Waals surface area contributed by atoms with Gasteiger partial charge in [0.15, 0.2) is 0 Å². The van der Waals surface area contributed by atoms with Crippen LogP contribution in [0.3, 0.4) is 0 Å². The number of benzene rings is 1. The number of nitrogens with zero attached hydrogens (tertiary/aromatic N) is 3. The van der Waals surface area contributed by atoms with Gasteiger partial charge in [-0.15, -0.1) is 0 Å². The number of likely N-dealkylation sites (N-methyl/N-ethyl adjacent to an activating group) is 2. The summed E-state index contributed by atoms with van der Waals surface area (Å²) in [5.41, 5.74) is 5.85. The van der Waals surface area contributed by atoms with E-state index in [4.69, 9.17) is 0 Å². The number of carbonyl (C=O) groups excluding carboxylic acids is 1. The van der Waals surface area contributed by atoms with E-state index >= 15 is 0 Å². The average molecular weight is 479 g/mol. The third kappa shape index (κ3) is 5.35. The van der Waals surface area contributed by atoms with E-state index in [1.165, 1.54) is 39.6 Å². The van der Waals surface area contributed by atoms with Gasteiger partial charge in [-0.05, 0) is 89.0 Å². The Kier molecular flexibility index (Phi) is 7.30. The monoisotopic (exact) mass is 478 g/mol. The number of hydrogen-bond acceptors (Lipinski definition) is 6. The van der Waals surface area contributed by atoms with Gasteiger partial charge in [0.05, 0.1) is 0 Å². The lowest BCUT2D eigenvalue weighted by Crippen LogP contribution is -2.62. The molecule has 4 aliphatic rings. The first-order valence-corrected chi connectivity index (χ1v) is 13.4. The highest BCUT2D eigenvalue weighted by molar-refractivity contribution is 7.87. The molecule has 33 heavy (non-hydrogen) atoms. The first-order valence-electron chi connectivity index (χ1n) is 11.9. The van der Waals surface area contributed by atoms with Crippen LogP contribution in [0.2, 0.25) is 0 Å². The molecule has 3 N–H and O–H groups in total. The Labute approximate surface area is 198 Å². The molecular weight excluding hydrogens is 440 g/mol. The highest BCUT2D eigenvalue weighted by Gasteiger charge is 2.38. The van der Waals surface area contributed by atoms with E-state index < -0.39 is 16.2 Å². The van der Waals surface area contributed by atoms with Crippen LogP contribution in [0.1, 0.15) is 35.1 Å². The summed E-state index contributed by atoms with van der Waals surface area (Å²) in [5.74, 6) is 0. The molecule has 0 atom stereocenters. The van der Waals surface area contributed by atoms with E-state index in [0.29, 0.717) is 13.1 Å². The summed E-state index contributed by atoms with van der Waals surface area (Å²) in [6.07, 6.45) is 6.15. The van der Waals surface area contributed by atoms with Crippen molar-refractivity contribution in [3.8, 4) is 0 Å². The highest BCUT2D eigenvalue weighted by atomic mass is 32.2. The molecule has 0 saturated carbocycles. The molecule has 184 valence electrons. The number of aryl methyl sites for hydroxylation is 2. The maximum atomic E-state index is 12.4. The van der Waals surface area contributed by atoms with Gasteiger partial charge >= 0.3 is 16.2 Å². The van der Waals surface area contributed by atoms with Crippen molar-refractivity contribution in [1.29, 1.82) is 0 Å². The Morgan fingerprint density at radius 2 is 1.48 bits per heavy atom. The van der Waals surface area contributed by atoms with E-state index in [1.807, 2.05) is 19.0 Å². The second-order valence-electron chi connectivity index (χ2n) is 10.0. The Bertz CT molecular complexity index is 952. The van der Waals surface area contributed by atoms with E-state index in [9.17, 15) is 13.2 Å². The highest BCUT2D eigenvalue weighted by Crippen LogP contribution is 2.38. The fourth-order valence-corrected chi connectivity index (χ4v) is 6.02. The van der Waals surface area contributed by atoms with Crippen LogP contribution in [0.4, 0.5) is 10.5 Å². The summed E-state index contributed by atoms with van der Waals surface area (Å²) in [7, 11) is 4.28. The number of hydrogen-bond donors (Lipinski definition) is 3. The van der Waals surface area contributed by atoms with Crippen LogP contribution in [0.15, 0.2) is 6.07 Å². The second-order valence-corrected chi connectivity index (χ2v) is 11.7. The molecule has 2 aliphatic heterocycles. The van der Waals surface area contributed by atoms with Crippen molar-refractivity contribution >= 4 is 21.9 Å². The van der Waals surface area contributed by atoms with Gasteiger partial charge in [-0.1, -0.05) is 6.07 Å². The second kappa shape index (κ2) is 9.87. The summed E-state index contributed by atoms with van der Waals surface area (Å²) in [5, 5.41) is 6.07. The van der Waals surface area contributed by atoms with Crippen molar-refractivity contribution < 1.29 is 13.2 Å². The van der Waals surface area contributed by atoms with Crippen molar-refractivity contribution in [1.82, 2.24) is 24.1 Å². The summed E-state index contributed by atoms with van der Waals surface area (Å²) in [6.45, 7) is 3.16. The zero-order chi connectivity index (χ0) is 23.8. The van der Waals surface area contributed by atoms with Gasteiger partial charge in [0.25, 0.3) is 0 Å². The van der Waals surface area contributed by atoms with Crippen LogP contribution in [0.25, 0.3) is 0 Å². The molecule has 0 spiro atoms. The molecule has 1 aromatic rings. The third-order valence-electron chi connectivity index (χ3n) is 7.32. The number of anilines is 1. The largest absolute Gasteiger partial charge is 0.333 e. The standard InChI is InChI=1S/C18H26N4O3S.C5H12N2/c1-21(2)14-10-22(11-14)26(24,25)20-18(23)19-17-15-7-3-5-12(15)9-13-6-4-8-16(13)17;1-7(2)5-3-6-4-5/h9,14H,3-8,10-11H2,1-2H3,(H2,19,20,23);5-6H,3-4H2,1-2H3. The summed E-state index contributed by atoms with van der Waals surface area (Å²) in [4.78, 5) is 16.7. The molecule has 1 aromatic carbocycles.